The van der Waals surface area contributed by atoms with Crippen molar-refractivity contribution < 1.29 is 14.4 Å². The predicted octanol–water partition coefficient (Wildman–Crippen LogP) is -0.869. The molecule has 2 N–H and O–H groups in total. The summed E-state index contributed by atoms with van der Waals surface area (Å²) in [6.07, 6.45) is 3.19. The Balaban J connectivity index is 3.01. The molecule has 0 aliphatic rings. The van der Waals surface area contributed by atoms with Gasteiger partial charge in [-0.1, -0.05) is 0 Å². The van der Waals surface area contributed by atoms with Crippen LogP contribution in [0.4, 0.5) is 0 Å². The van der Waals surface area contributed by atoms with Gasteiger partial charge in [0.05, 0.1) is 0 Å². The van der Waals surface area contributed by atoms with Crippen molar-refractivity contribution in [3.63, 3.8) is 0 Å². The SMILES string of the molecule is CO[n+]1cccc(C(N)=O)c1. The van der Waals surface area contributed by atoms with Crippen molar-refractivity contribution in [3.05, 3.63) is 30.1 Å². The molecule has 4 heteroatoms. The van der Waals surface area contributed by atoms with Gasteiger partial charge >= 0.3 is 0 Å². The van der Waals surface area contributed by atoms with E-state index in [-0.39, 0.29) is 0 Å². The largest absolute Gasteiger partial charge is 0.365 e. The zero-order valence-electron chi connectivity index (χ0n) is 6.15. The van der Waals surface area contributed by atoms with Crippen molar-refractivity contribution in [2.24, 2.45) is 5.73 Å². The maximum Gasteiger partial charge on any atom is 0.254 e. The molecule has 11 heavy (non-hydrogen) atoms. The Morgan fingerprint density at radius 3 is 3.00 bits per heavy atom. The van der Waals surface area contributed by atoms with Crippen molar-refractivity contribution >= 4 is 5.91 Å². The summed E-state index contributed by atoms with van der Waals surface area (Å²) in [4.78, 5) is 15.4. The van der Waals surface area contributed by atoms with E-state index < -0.39 is 5.91 Å². The molecule has 0 aromatic carbocycles. The number of hydrogen-bond acceptors (Lipinski definition) is 2. The molecule has 0 atom stereocenters. The van der Waals surface area contributed by atoms with Gasteiger partial charge in [0.25, 0.3) is 5.91 Å². The van der Waals surface area contributed by atoms with Crippen molar-refractivity contribution in [1.82, 2.24) is 0 Å². The quantitative estimate of drug-likeness (QED) is 0.561. The molecular weight excluding hydrogens is 144 g/mol. The van der Waals surface area contributed by atoms with Crippen LogP contribution in [0.25, 0.3) is 0 Å². The standard InChI is InChI=1S/C7H8N2O2/c1-11-9-4-2-3-6(5-9)7(8)10/h2-5H,1H3,(H-,8,10)/p+1. The Kier molecular flexibility index (Phi) is 2.06. The molecule has 0 aliphatic carbocycles. The summed E-state index contributed by atoms with van der Waals surface area (Å²) in [7, 11) is 1.50. The number of rotatable bonds is 2. The van der Waals surface area contributed by atoms with Gasteiger partial charge in [0.1, 0.15) is 12.7 Å². The summed E-state index contributed by atoms with van der Waals surface area (Å²) < 4.78 is 1.40. The first-order chi connectivity index (χ1) is 5.24. The second-order valence-corrected chi connectivity index (χ2v) is 2.00. The Morgan fingerprint density at radius 1 is 1.73 bits per heavy atom. The highest BCUT2D eigenvalue weighted by Gasteiger charge is 2.05. The van der Waals surface area contributed by atoms with Crippen molar-refractivity contribution in [2.45, 2.75) is 0 Å². The fourth-order valence-corrected chi connectivity index (χ4v) is 0.714. The summed E-state index contributed by atoms with van der Waals surface area (Å²) in [6.45, 7) is 0. The van der Waals surface area contributed by atoms with E-state index in [9.17, 15) is 4.79 Å². The lowest BCUT2D eigenvalue weighted by Gasteiger charge is -1.92. The zero-order valence-corrected chi connectivity index (χ0v) is 6.15. The third kappa shape index (κ3) is 1.67. The summed E-state index contributed by atoms with van der Waals surface area (Å²) >= 11 is 0. The molecule has 1 aromatic heterocycles. The number of nitrogens with zero attached hydrogens (tertiary/aromatic N) is 1. The van der Waals surface area contributed by atoms with Crippen LogP contribution in [0, 0.1) is 0 Å². The maximum absolute atomic E-state index is 10.6. The molecule has 58 valence electrons. The smallest absolute Gasteiger partial charge is 0.254 e. The average molecular weight is 153 g/mol. The molecule has 0 radical (unpaired) electrons. The first-order valence-corrected chi connectivity index (χ1v) is 3.09. The van der Waals surface area contributed by atoms with E-state index in [1.807, 2.05) is 0 Å². The van der Waals surface area contributed by atoms with E-state index in [0.29, 0.717) is 5.56 Å². The van der Waals surface area contributed by atoms with Gasteiger partial charge < -0.3 is 5.73 Å². The molecule has 0 aliphatic heterocycles. The topological polar surface area (TPSA) is 56.2 Å². The first kappa shape index (κ1) is 7.53. The van der Waals surface area contributed by atoms with Crippen LogP contribution >= 0.6 is 0 Å². The predicted molar refractivity (Wildman–Crippen MR) is 37.7 cm³/mol. The lowest BCUT2D eigenvalue weighted by molar-refractivity contribution is -0.885. The van der Waals surface area contributed by atoms with E-state index in [4.69, 9.17) is 10.6 Å². The van der Waals surface area contributed by atoms with Crippen molar-refractivity contribution in [2.75, 3.05) is 7.11 Å². The molecule has 0 unspecified atom stereocenters. The van der Waals surface area contributed by atoms with Crippen LogP contribution in [0.5, 0.6) is 0 Å². The molecule has 0 fully saturated rings. The maximum atomic E-state index is 10.6. The van der Waals surface area contributed by atoms with Crippen LogP contribution < -0.4 is 15.3 Å². The first-order valence-electron chi connectivity index (χ1n) is 3.09. The van der Waals surface area contributed by atoms with Crippen LogP contribution in [-0.4, -0.2) is 13.0 Å². The number of hydrogen-bond donors (Lipinski definition) is 1. The van der Waals surface area contributed by atoms with Gasteiger partial charge in [0, 0.05) is 10.8 Å². The number of carbonyl (C=O) groups is 1. The van der Waals surface area contributed by atoms with Gasteiger partial charge in [-0.25, -0.2) is 0 Å². The number of amides is 1. The zero-order chi connectivity index (χ0) is 8.27. The van der Waals surface area contributed by atoms with Crippen LogP contribution in [0.2, 0.25) is 0 Å². The summed E-state index contributed by atoms with van der Waals surface area (Å²) in [5.74, 6) is -0.462. The molecule has 1 heterocycles. The van der Waals surface area contributed by atoms with Gasteiger partial charge in [-0.3, -0.25) is 9.63 Å². The third-order valence-corrected chi connectivity index (χ3v) is 1.27. The van der Waals surface area contributed by atoms with Crippen molar-refractivity contribution in [3.8, 4) is 0 Å². The molecule has 0 saturated heterocycles. The second-order valence-electron chi connectivity index (χ2n) is 2.00. The fraction of sp³-hybridized carbons (Fsp3) is 0.143. The second kappa shape index (κ2) is 3.01. The van der Waals surface area contributed by atoms with Crippen LogP contribution in [0.1, 0.15) is 10.4 Å². The Bertz CT molecular complexity index is 273. The minimum atomic E-state index is -0.462. The van der Waals surface area contributed by atoms with Crippen LogP contribution in [0.15, 0.2) is 24.5 Å². The molecular formula is C7H9N2O2+. The molecule has 1 aromatic rings. The number of nitrogens with two attached hydrogens (primary N) is 1. The molecule has 0 spiro atoms. The van der Waals surface area contributed by atoms with Gasteiger partial charge in [0.2, 0.25) is 12.4 Å². The normalized spacial score (nSPS) is 9.18. The van der Waals surface area contributed by atoms with Gasteiger partial charge in [0.15, 0.2) is 0 Å². The number of pyridine rings is 1. The Morgan fingerprint density at radius 2 is 2.45 bits per heavy atom. The van der Waals surface area contributed by atoms with Gasteiger partial charge in [-0.05, 0) is 6.07 Å². The van der Waals surface area contributed by atoms with Crippen molar-refractivity contribution in [1.29, 1.82) is 0 Å². The van der Waals surface area contributed by atoms with E-state index in [1.165, 1.54) is 18.0 Å². The number of primary amides is 1. The highest BCUT2D eigenvalue weighted by molar-refractivity contribution is 5.92. The molecule has 1 rings (SSSR count). The van der Waals surface area contributed by atoms with Crippen LogP contribution in [0.3, 0.4) is 0 Å². The molecule has 4 nitrogen and oxygen atoms in total. The molecule has 0 saturated carbocycles. The minimum Gasteiger partial charge on any atom is -0.365 e. The Hall–Kier alpha value is -1.58. The highest BCUT2D eigenvalue weighted by atomic mass is 16.6. The number of aromatic nitrogens is 1. The minimum absolute atomic E-state index is 0.425. The third-order valence-electron chi connectivity index (χ3n) is 1.27. The van der Waals surface area contributed by atoms with Crippen LogP contribution in [-0.2, 0) is 0 Å². The molecule has 1 amide bonds. The average Bonchev–Trinajstić information content (AvgIpc) is 2.05. The van der Waals surface area contributed by atoms with Gasteiger partial charge in [-0.15, -0.1) is 0 Å². The van der Waals surface area contributed by atoms with E-state index in [0.717, 1.165) is 0 Å². The fourth-order valence-electron chi connectivity index (χ4n) is 0.714. The molecule has 0 bridgehead atoms. The summed E-state index contributed by atoms with van der Waals surface area (Å²) in [5, 5.41) is 0. The monoisotopic (exact) mass is 153 g/mol. The van der Waals surface area contributed by atoms with E-state index in [2.05, 4.69) is 0 Å². The lowest BCUT2D eigenvalue weighted by atomic mass is 10.3. The summed E-state index contributed by atoms with van der Waals surface area (Å²) in [5.41, 5.74) is 5.45. The highest BCUT2D eigenvalue weighted by Crippen LogP contribution is 1.90. The Labute approximate surface area is 64.2 Å². The lowest BCUT2D eigenvalue weighted by Crippen LogP contribution is -2.40. The van der Waals surface area contributed by atoms with Gasteiger partial charge in [-0.2, -0.15) is 0 Å². The van der Waals surface area contributed by atoms with E-state index >= 15 is 0 Å². The van der Waals surface area contributed by atoms with E-state index in [1.54, 1.807) is 18.3 Å². The summed E-state index contributed by atoms with van der Waals surface area (Å²) in [6, 6.07) is 3.31. The number of carbonyl (C=O) groups excluding carboxylic acids is 1.